The predicted octanol–water partition coefficient (Wildman–Crippen LogP) is 1.40. The minimum absolute atomic E-state index is 0.0691. The fourth-order valence-corrected chi connectivity index (χ4v) is 4.08. The van der Waals surface area contributed by atoms with Gasteiger partial charge in [-0.05, 0) is 51.1 Å². The molecule has 1 saturated heterocycles. The van der Waals surface area contributed by atoms with Gasteiger partial charge < -0.3 is 10.2 Å². The largest absolute Gasteiger partial charge is 0.389 e. The normalized spacial score (nSPS) is 55.9. The summed E-state index contributed by atoms with van der Waals surface area (Å²) >= 11 is 0. The highest BCUT2D eigenvalue weighted by Crippen LogP contribution is 2.56. The molecule has 5 atom stereocenters. The Bertz CT molecular complexity index is 331. The number of hydrogen-bond acceptors (Lipinski definition) is 3. The summed E-state index contributed by atoms with van der Waals surface area (Å²) in [5.74, 6) is 3.19. The van der Waals surface area contributed by atoms with Gasteiger partial charge in [-0.3, -0.25) is 0 Å². The minimum atomic E-state index is 0.0691. The third-order valence-electron chi connectivity index (χ3n) is 5.05. The predicted molar refractivity (Wildman–Crippen MR) is 57.6 cm³/mol. The molecule has 2 aliphatic carbocycles. The number of fused-ring (bicyclic) bond motifs is 2. The molecule has 15 heavy (non-hydrogen) atoms. The highest BCUT2D eigenvalue weighted by atomic mass is 16.7. The Morgan fingerprint density at radius 3 is 3.00 bits per heavy atom. The Morgan fingerprint density at radius 2 is 2.20 bits per heavy atom. The Balaban J connectivity index is 1.59. The van der Waals surface area contributed by atoms with Gasteiger partial charge in [-0.1, -0.05) is 5.16 Å². The molecule has 82 valence electrons. The second-order valence-electron chi connectivity index (χ2n) is 5.88. The van der Waals surface area contributed by atoms with E-state index in [1.807, 2.05) is 0 Å². The first-order valence-corrected chi connectivity index (χ1v) is 6.26. The zero-order valence-electron chi connectivity index (χ0n) is 9.20. The van der Waals surface area contributed by atoms with Crippen LogP contribution in [0.5, 0.6) is 0 Å². The van der Waals surface area contributed by atoms with Crippen LogP contribution >= 0.6 is 0 Å². The van der Waals surface area contributed by atoms with Gasteiger partial charge in [-0.25, -0.2) is 0 Å². The van der Waals surface area contributed by atoms with Gasteiger partial charge in [0.25, 0.3) is 0 Å². The Morgan fingerprint density at radius 1 is 1.40 bits per heavy atom. The Hall–Kier alpha value is -0.570. The van der Waals surface area contributed by atoms with E-state index in [0.717, 1.165) is 17.8 Å². The van der Waals surface area contributed by atoms with Gasteiger partial charge in [0.1, 0.15) is 5.60 Å². The molecule has 0 aromatic rings. The van der Waals surface area contributed by atoms with Crippen LogP contribution in [0.25, 0.3) is 0 Å². The van der Waals surface area contributed by atoms with Gasteiger partial charge in [0.2, 0.25) is 0 Å². The van der Waals surface area contributed by atoms with E-state index in [4.69, 9.17) is 4.84 Å². The molecule has 3 heteroatoms. The standard InChI is InChI=1S/C12H18N2O/c1-12-4-2-3-9(12)11(14-15-12)10-7-5-13-6-8(7)10/h7-10,13H,2-6H2,1H3/t7-,8+,9-,10?,12-/m1/s1. The number of piperidine rings is 1. The molecule has 0 bridgehead atoms. The summed E-state index contributed by atoms with van der Waals surface area (Å²) in [5.41, 5.74) is 1.49. The second-order valence-corrected chi connectivity index (χ2v) is 5.88. The number of rotatable bonds is 1. The molecule has 0 aromatic heterocycles. The Kier molecular flexibility index (Phi) is 1.47. The summed E-state index contributed by atoms with van der Waals surface area (Å²) < 4.78 is 0. The van der Waals surface area contributed by atoms with Crippen LogP contribution in [0.15, 0.2) is 5.16 Å². The van der Waals surface area contributed by atoms with Crippen LogP contribution in [0, 0.1) is 23.7 Å². The molecule has 0 amide bonds. The summed E-state index contributed by atoms with van der Waals surface area (Å²) in [6.45, 7) is 4.66. The van der Waals surface area contributed by atoms with Crippen molar-refractivity contribution in [1.82, 2.24) is 5.32 Å². The Labute approximate surface area is 90.2 Å². The van der Waals surface area contributed by atoms with Crippen LogP contribution in [0.2, 0.25) is 0 Å². The molecule has 1 unspecified atom stereocenters. The number of hydrogen-bond donors (Lipinski definition) is 1. The molecule has 0 aromatic carbocycles. The summed E-state index contributed by atoms with van der Waals surface area (Å²) in [4.78, 5) is 5.71. The summed E-state index contributed by atoms with van der Waals surface area (Å²) in [6, 6.07) is 0. The molecule has 1 N–H and O–H groups in total. The monoisotopic (exact) mass is 206 g/mol. The van der Waals surface area contributed by atoms with Gasteiger partial charge in [-0.15, -0.1) is 0 Å². The van der Waals surface area contributed by atoms with Gasteiger partial charge in [-0.2, -0.15) is 0 Å². The fraction of sp³-hybridized carbons (Fsp3) is 0.917. The fourth-order valence-electron chi connectivity index (χ4n) is 4.08. The van der Waals surface area contributed by atoms with Crippen LogP contribution in [0.3, 0.4) is 0 Å². The SMILES string of the molecule is C[C@@]12CCC[C@@H]1C(C1[C@H]3CNC[C@@H]13)=NO2. The van der Waals surface area contributed by atoms with Crippen molar-refractivity contribution in [2.45, 2.75) is 31.8 Å². The third kappa shape index (κ3) is 0.975. The van der Waals surface area contributed by atoms with E-state index in [1.165, 1.54) is 38.1 Å². The molecule has 2 heterocycles. The summed E-state index contributed by atoms with van der Waals surface area (Å²) in [7, 11) is 0. The van der Waals surface area contributed by atoms with Crippen molar-refractivity contribution < 1.29 is 4.84 Å². The van der Waals surface area contributed by atoms with Gasteiger partial charge in [0, 0.05) is 11.8 Å². The topological polar surface area (TPSA) is 33.6 Å². The van der Waals surface area contributed by atoms with Crippen molar-refractivity contribution in [2.75, 3.05) is 13.1 Å². The molecule has 0 spiro atoms. The summed E-state index contributed by atoms with van der Waals surface area (Å²) in [5, 5.41) is 7.87. The average molecular weight is 206 g/mol. The highest BCUT2D eigenvalue weighted by Gasteiger charge is 2.61. The number of oxime groups is 1. The zero-order valence-corrected chi connectivity index (χ0v) is 9.20. The molecular weight excluding hydrogens is 188 g/mol. The maximum absolute atomic E-state index is 5.71. The second kappa shape index (κ2) is 2.57. The lowest BCUT2D eigenvalue weighted by molar-refractivity contribution is -0.0163. The first-order chi connectivity index (χ1) is 7.30. The van der Waals surface area contributed by atoms with E-state index in [0.29, 0.717) is 5.92 Å². The summed E-state index contributed by atoms with van der Waals surface area (Å²) in [6.07, 6.45) is 3.82. The lowest BCUT2D eigenvalue weighted by Crippen LogP contribution is -2.32. The zero-order chi connectivity index (χ0) is 10.0. The first-order valence-electron chi connectivity index (χ1n) is 6.26. The van der Waals surface area contributed by atoms with Crippen LogP contribution in [0.4, 0.5) is 0 Å². The molecule has 3 fully saturated rings. The van der Waals surface area contributed by atoms with E-state index < -0.39 is 0 Å². The minimum Gasteiger partial charge on any atom is -0.389 e. The molecular formula is C12H18N2O. The molecule has 3 nitrogen and oxygen atoms in total. The van der Waals surface area contributed by atoms with Crippen molar-refractivity contribution in [3.63, 3.8) is 0 Å². The van der Waals surface area contributed by atoms with E-state index in [1.54, 1.807) is 0 Å². The number of nitrogens with zero attached hydrogens (tertiary/aromatic N) is 1. The van der Waals surface area contributed by atoms with Gasteiger partial charge in [0.05, 0.1) is 5.71 Å². The third-order valence-corrected chi connectivity index (χ3v) is 5.05. The van der Waals surface area contributed by atoms with E-state index >= 15 is 0 Å². The molecule has 2 saturated carbocycles. The van der Waals surface area contributed by atoms with Gasteiger partial charge >= 0.3 is 0 Å². The van der Waals surface area contributed by atoms with Crippen LogP contribution in [-0.4, -0.2) is 24.4 Å². The van der Waals surface area contributed by atoms with Crippen molar-refractivity contribution >= 4 is 5.71 Å². The average Bonchev–Trinajstić information content (AvgIpc) is 2.63. The van der Waals surface area contributed by atoms with Crippen molar-refractivity contribution in [2.24, 2.45) is 28.8 Å². The van der Waals surface area contributed by atoms with Crippen LogP contribution in [0.1, 0.15) is 26.2 Å². The van der Waals surface area contributed by atoms with E-state index in [9.17, 15) is 0 Å². The van der Waals surface area contributed by atoms with E-state index in [2.05, 4.69) is 17.4 Å². The maximum Gasteiger partial charge on any atom is 0.143 e. The molecule has 2 aliphatic heterocycles. The molecule has 0 radical (unpaired) electrons. The number of nitrogens with one attached hydrogen (secondary N) is 1. The van der Waals surface area contributed by atoms with Crippen LogP contribution in [-0.2, 0) is 4.84 Å². The van der Waals surface area contributed by atoms with Crippen molar-refractivity contribution in [1.29, 1.82) is 0 Å². The van der Waals surface area contributed by atoms with E-state index in [-0.39, 0.29) is 5.60 Å². The lowest BCUT2D eigenvalue weighted by Gasteiger charge is -2.21. The quantitative estimate of drug-likeness (QED) is 0.703. The first kappa shape index (κ1) is 8.57. The smallest absolute Gasteiger partial charge is 0.143 e. The van der Waals surface area contributed by atoms with Crippen molar-refractivity contribution in [3.8, 4) is 0 Å². The van der Waals surface area contributed by atoms with Crippen LogP contribution < -0.4 is 5.32 Å². The lowest BCUT2D eigenvalue weighted by atomic mass is 9.86. The molecule has 4 rings (SSSR count). The van der Waals surface area contributed by atoms with Gasteiger partial charge in [0.15, 0.2) is 0 Å². The maximum atomic E-state index is 5.71. The molecule has 4 aliphatic rings. The van der Waals surface area contributed by atoms with Crippen molar-refractivity contribution in [3.05, 3.63) is 0 Å². The highest BCUT2D eigenvalue weighted by molar-refractivity contribution is 5.94.